The first-order chi connectivity index (χ1) is 17.7. The molecule has 200 valence electrons. The average molecular weight is 500 g/mol. The summed E-state index contributed by atoms with van der Waals surface area (Å²) in [6.45, 7) is 16.1. The summed E-state index contributed by atoms with van der Waals surface area (Å²) >= 11 is 0. The third-order valence-corrected chi connectivity index (χ3v) is 8.60. The van der Waals surface area contributed by atoms with E-state index in [9.17, 15) is 0 Å². The van der Waals surface area contributed by atoms with Gasteiger partial charge in [-0.3, -0.25) is 4.90 Å². The highest BCUT2D eigenvalue weighted by Crippen LogP contribution is 2.46. The fourth-order valence-corrected chi connectivity index (χ4v) is 6.86. The summed E-state index contributed by atoms with van der Waals surface area (Å²) in [7, 11) is 0. The maximum Gasteiger partial charge on any atom is 0.0612 e. The molecule has 0 bridgehead atoms. The van der Waals surface area contributed by atoms with Crippen LogP contribution in [0, 0.1) is 0 Å². The van der Waals surface area contributed by atoms with Crippen LogP contribution in [0.3, 0.4) is 0 Å². The maximum atomic E-state index is 5.94. The van der Waals surface area contributed by atoms with Gasteiger partial charge in [-0.25, -0.2) is 0 Å². The van der Waals surface area contributed by atoms with Crippen molar-refractivity contribution in [2.75, 3.05) is 13.2 Å². The Hall–Kier alpha value is -2.16. The van der Waals surface area contributed by atoms with Gasteiger partial charge in [-0.15, -0.1) is 0 Å². The van der Waals surface area contributed by atoms with Gasteiger partial charge in [0.2, 0.25) is 0 Å². The monoisotopic (exact) mass is 499 g/mol. The largest absolute Gasteiger partial charge is 0.378 e. The topological polar surface area (TPSA) is 12.5 Å². The van der Waals surface area contributed by atoms with Gasteiger partial charge >= 0.3 is 0 Å². The second-order valence-corrected chi connectivity index (χ2v) is 12.4. The molecule has 2 aliphatic rings. The van der Waals surface area contributed by atoms with Crippen LogP contribution in [0.5, 0.6) is 0 Å². The van der Waals surface area contributed by atoms with Crippen LogP contribution in [-0.2, 0) is 4.74 Å². The highest BCUT2D eigenvalue weighted by atomic mass is 16.5. The summed E-state index contributed by atoms with van der Waals surface area (Å²) in [5.74, 6) is 0.600. The Bertz CT molecular complexity index is 1040. The van der Waals surface area contributed by atoms with Crippen LogP contribution in [0.4, 0.5) is 0 Å². The second kappa shape index (κ2) is 12.1. The van der Waals surface area contributed by atoms with Gasteiger partial charge < -0.3 is 4.74 Å². The van der Waals surface area contributed by atoms with E-state index in [4.69, 9.17) is 4.74 Å². The number of hydrogen-bond donors (Lipinski definition) is 0. The van der Waals surface area contributed by atoms with E-state index in [2.05, 4.69) is 113 Å². The molecular weight excluding hydrogens is 450 g/mol. The van der Waals surface area contributed by atoms with Crippen LogP contribution < -0.4 is 0 Å². The van der Waals surface area contributed by atoms with E-state index in [0.717, 1.165) is 45.3 Å². The van der Waals surface area contributed by atoms with Gasteiger partial charge in [0, 0.05) is 24.2 Å². The fourth-order valence-electron chi connectivity index (χ4n) is 6.86. The van der Waals surface area contributed by atoms with Crippen molar-refractivity contribution in [3.05, 3.63) is 77.9 Å². The average Bonchev–Trinajstić information content (AvgIpc) is 2.89. The van der Waals surface area contributed by atoms with E-state index in [1.165, 1.54) is 40.7 Å². The first-order valence-corrected chi connectivity index (χ1v) is 14.6. The standard InChI is InChI=1S/C35H49NO/c1-7-9-10-23-36-34(3,4)25-32(26-35(36,5)6)31-17-15-28(16-18-31)27-11-13-29(14-12-27)30-19-21-33(22-20-30)37-24-8-2/h7,9,11-19,32-33H,8,10,20-26H2,1-6H3/b9-7+. The minimum atomic E-state index is 0.193. The summed E-state index contributed by atoms with van der Waals surface area (Å²) in [5.41, 5.74) is 7.32. The number of allylic oxidation sites excluding steroid dienone is 2. The SMILES string of the molecule is C/C=C/CCN1C(C)(C)CC(c2ccc(-c3ccc(C4=CCC(OCCC)CC4)cc3)cc2)CC1(C)C. The normalized spacial score (nSPS) is 22.3. The molecule has 37 heavy (non-hydrogen) atoms. The maximum absolute atomic E-state index is 5.94. The molecule has 0 N–H and O–H groups in total. The Morgan fingerprint density at radius 3 is 2.03 bits per heavy atom. The summed E-state index contributed by atoms with van der Waals surface area (Å²) in [6, 6.07) is 18.6. The summed E-state index contributed by atoms with van der Waals surface area (Å²) in [4.78, 5) is 2.74. The molecule has 2 aromatic rings. The van der Waals surface area contributed by atoms with Crippen molar-refractivity contribution in [2.45, 2.75) is 110 Å². The number of rotatable bonds is 9. The molecule has 2 nitrogen and oxygen atoms in total. The molecule has 1 aliphatic heterocycles. The first-order valence-electron chi connectivity index (χ1n) is 14.6. The molecule has 4 rings (SSSR count). The molecule has 1 unspecified atom stereocenters. The molecule has 1 aliphatic carbocycles. The Balaban J connectivity index is 1.41. The van der Waals surface area contributed by atoms with Gasteiger partial charge in [0.05, 0.1) is 6.10 Å². The second-order valence-electron chi connectivity index (χ2n) is 12.4. The van der Waals surface area contributed by atoms with Crippen molar-refractivity contribution in [2.24, 2.45) is 0 Å². The number of ether oxygens (including phenoxy) is 1. The van der Waals surface area contributed by atoms with Crippen molar-refractivity contribution < 1.29 is 4.74 Å². The minimum Gasteiger partial charge on any atom is -0.378 e. The van der Waals surface area contributed by atoms with Gasteiger partial charge in [-0.2, -0.15) is 0 Å². The van der Waals surface area contributed by atoms with Crippen molar-refractivity contribution in [1.82, 2.24) is 4.90 Å². The number of hydrogen-bond acceptors (Lipinski definition) is 2. The first kappa shape index (κ1) is 27.9. The Kier molecular flexibility index (Phi) is 9.14. The zero-order chi connectivity index (χ0) is 26.5. The van der Waals surface area contributed by atoms with E-state index in [0.29, 0.717) is 12.0 Å². The van der Waals surface area contributed by atoms with Crippen LogP contribution in [0.25, 0.3) is 16.7 Å². The van der Waals surface area contributed by atoms with Gasteiger partial charge in [0.25, 0.3) is 0 Å². The fraction of sp³-hybridized carbons (Fsp3) is 0.543. The van der Waals surface area contributed by atoms with Gasteiger partial charge in [0.1, 0.15) is 0 Å². The van der Waals surface area contributed by atoms with Crippen molar-refractivity contribution in [3.8, 4) is 11.1 Å². The Morgan fingerprint density at radius 2 is 1.49 bits per heavy atom. The van der Waals surface area contributed by atoms with Gasteiger partial charge in [0.15, 0.2) is 0 Å². The molecule has 0 radical (unpaired) electrons. The molecule has 1 atom stereocenters. The molecule has 0 saturated carbocycles. The predicted octanol–water partition coefficient (Wildman–Crippen LogP) is 9.42. The van der Waals surface area contributed by atoms with Gasteiger partial charge in [-0.05, 0) is 113 Å². The lowest BCUT2D eigenvalue weighted by atomic mass is 9.71. The third kappa shape index (κ3) is 6.84. The summed E-state index contributed by atoms with van der Waals surface area (Å²) < 4.78 is 5.94. The summed E-state index contributed by atoms with van der Waals surface area (Å²) in [5, 5.41) is 0. The number of piperidine rings is 1. The lowest BCUT2D eigenvalue weighted by Crippen LogP contribution is -2.60. The molecule has 1 saturated heterocycles. The molecule has 0 amide bonds. The van der Waals surface area contributed by atoms with Crippen LogP contribution in [0.15, 0.2) is 66.8 Å². The quantitative estimate of drug-likeness (QED) is 0.319. The van der Waals surface area contributed by atoms with Gasteiger partial charge in [-0.1, -0.05) is 73.7 Å². The van der Waals surface area contributed by atoms with E-state index in [-0.39, 0.29) is 11.1 Å². The molecule has 2 aromatic carbocycles. The lowest BCUT2D eigenvalue weighted by Gasteiger charge is -2.55. The molecule has 0 spiro atoms. The van der Waals surface area contributed by atoms with E-state index in [1.807, 2.05) is 0 Å². The Morgan fingerprint density at radius 1 is 0.892 bits per heavy atom. The zero-order valence-electron chi connectivity index (χ0n) is 24.2. The number of benzene rings is 2. The van der Waals surface area contributed by atoms with E-state index < -0.39 is 0 Å². The Labute approximate surface area is 226 Å². The summed E-state index contributed by atoms with van der Waals surface area (Å²) in [6.07, 6.45) is 15.2. The lowest BCUT2D eigenvalue weighted by molar-refractivity contribution is -0.0346. The number of likely N-dealkylation sites (tertiary alicyclic amines) is 1. The van der Waals surface area contributed by atoms with Crippen molar-refractivity contribution >= 4 is 5.57 Å². The molecule has 1 heterocycles. The zero-order valence-corrected chi connectivity index (χ0v) is 24.2. The minimum absolute atomic E-state index is 0.193. The molecule has 0 aromatic heterocycles. The highest BCUT2D eigenvalue weighted by molar-refractivity contribution is 5.71. The number of nitrogens with zero attached hydrogens (tertiary/aromatic N) is 1. The highest BCUT2D eigenvalue weighted by Gasteiger charge is 2.44. The van der Waals surface area contributed by atoms with Crippen molar-refractivity contribution in [1.29, 1.82) is 0 Å². The molecule has 2 heteroatoms. The van der Waals surface area contributed by atoms with Crippen LogP contribution >= 0.6 is 0 Å². The predicted molar refractivity (Wildman–Crippen MR) is 160 cm³/mol. The van der Waals surface area contributed by atoms with E-state index >= 15 is 0 Å². The van der Waals surface area contributed by atoms with Crippen molar-refractivity contribution in [3.63, 3.8) is 0 Å². The van der Waals surface area contributed by atoms with Crippen LogP contribution in [0.2, 0.25) is 0 Å². The molecular formula is C35H49NO. The van der Waals surface area contributed by atoms with E-state index in [1.54, 1.807) is 0 Å². The van der Waals surface area contributed by atoms with Crippen LogP contribution in [0.1, 0.15) is 104 Å². The van der Waals surface area contributed by atoms with Crippen LogP contribution in [-0.4, -0.2) is 35.2 Å². The third-order valence-electron chi connectivity index (χ3n) is 8.60. The molecule has 1 fully saturated rings. The smallest absolute Gasteiger partial charge is 0.0612 e.